The molecular formula is C16H22N4. The SMILES string of the molecule is NC1CCCC(Nc2ccc(Cn3cccn3)cc2)C1. The van der Waals surface area contributed by atoms with E-state index in [2.05, 4.69) is 34.7 Å². The van der Waals surface area contributed by atoms with Crippen molar-refractivity contribution in [3.8, 4) is 0 Å². The lowest BCUT2D eigenvalue weighted by molar-refractivity contribution is 0.409. The van der Waals surface area contributed by atoms with Gasteiger partial charge in [0.05, 0.1) is 6.54 Å². The second-order valence-electron chi connectivity index (χ2n) is 5.67. The van der Waals surface area contributed by atoms with Gasteiger partial charge in [-0.3, -0.25) is 4.68 Å². The van der Waals surface area contributed by atoms with E-state index in [0.29, 0.717) is 12.1 Å². The molecule has 2 unspecified atom stereocenters. The molecule has 0 bridgehead atoms. The lowest BCUT2D eigenvalue weighted by atomic mass is 9.91. The molecule has 0 amide bonds. The minimum absolute atomic E-state index is 0.361. The van der Waals surface area contributed by atoms with Crippen LogP contribution < -0.4 is 11.1 Å². The summed E-state index contributed by atoms with van der Waals surface area (Å²) >= 11 is 0. The molecular weight excluding hydrogens is 248 g/mol. The monoisotopic (exact) mass is 270 g/mol. The Morgan fingerprint density at radius 1 is 1.25 bits per heavy atom. The fraction of sp³-hybridized carbons (Fsp3) is 0.438. The number of nitrogens with two attached hydrogens (primary N) is 1. The maximum Gasteiger partial charge on any atom is 0.0659 e. The summed E-state index contributed by atoms with van der Waals surface area (Å²) in [5.74, 6) is 0. The summed E-state index contributed by atoms with van der Waals surface area (Å²) in [7, 11) is 0. The molecule has 0 saturated heterocycles. The van der Waals surface area contributed by atoms with Gasteiger partial charge in [-0.25, -0.2) is 0 Å². The predicted octanol–water partition coefficient (Wildman–Crippen LogP) is 2.61. The number of nitrogens with one attached hydrogen (secondary N) is 1. The van der Waals surface area contributed by atoms with Crippen molar-refractivity contribution in [2.24, 2.45) is 5.73 Å². The second kappa shape index (κ2) is 6.09. The Labute approximate surface area is 120 Å². The molecule has 0 spiro atoms. The van der Waals surface area contributed by atoms with E-state index in [1.807, 2.05) is 23.1 Å². The van der Waals surface area contributed by atoms with Crippen LogP contribution in [-0.4, -0.2) is 21.9 Å². The van der Waals surface area contributed by atoms with E-state index in [4.69, 9.17) is 5.73 Å². The number of anilines is 1. The third-order valence-electron chi connectivity index (χ3n) is 3.94. The van der Waals surface area contributed by atoms with Crippen LogP contribution in [0.4, 0.5) is 5.69 Å². The normalized spacial score (nSPS) is 22.6. The predicted molar refractivity (Wildman–Crippen MR) is 81.6 cm³/mol. The number of nitrogens with zero attached hydrogens (tertiary/aromatic N) is 2. The highest BCUT2D eigenvalue weighted by molar-refractivity contribution is 5.45. The van der Waals surface area contributed by atoms with Crippen LogP contribution in [0.15, 0.2) is 42.7 Å². The summed E-state index contributed by atoms with van der Waals surface area (Å²) in [5.41, 5.74) is 8.48. The first-order valence-electron chi connectivity index (χ1n) is 7.38. The summed E-state index contributed by atoms with van der Waals surface area (Å²) in [6.07, 6.45) is 8.49. The van der Waals surface area contributed by atoms with E-state index < -0.39 is 0 Å². The largest absolute Gasteiger partial charge is 0.382 e. The van der Waals surface area contributed by atoms with Gasteiger partial charge < -0.3 is 11.1 Å². The molecule has 1 aliphatic carbocycles. The van der Waals surface area contributed by atoms with Crippen LogP contribution in [0.25, 0.3) is 0 Å². The van der Waals surface area contributed by atoms with Crippen LogP contribution in [0.1, 0.15) is 31.2 Å². The fourth-order valence-electron chi connectivity index (χ4n) is 2.88. The first kappa shape index (κ1) is 13.2. The van der Waals surface area contributed by atoms with Gasteiger partial charge in [0.15, 0.2) is 0 Å². The van der Waals surface area contributed by atoms with E-state index in [-0.39, 0.29) is 0 Å². The quantitative estimate of drug-likeness (QED) is 0.898. The van der Waals surface area contributed by atoms with Crippen LogP contribution in [0.3, 0.4) is 0 Å². The summed E-state index contributed by atoms with van der Waals surface area (Å²) in [6.45, 7) is 0.821. The average molecular weight is 270 g/mol. The van der Waals surface area contributed by atoms with Gasteiger partial charge >= 0.3 is 0 Å². The van der Waals surface area contributed by atoms with Crippen LogP contribution in [0, 0.1) is 0 Å². The molecule has 0 radical (unpaired) electrons. The Morgan fingerprint density at radius 2 is 2.10 bits per heavy atom. The van der Waals surface area contributed by atoms with E-state index in [9.17, 15) is 0 Å². The van der Waals surface area contributed by atoms with Crippen molar-refractivity contribution >= 4 is 5.69 Å². The second-order valence-corrected chi connectivity index (χ2v) is 5.67. The first-order valence-corrected chi connectivity index (χ1v) is 7.38. The highest BCUT2D eigenvalue weighted by Gasteiger charge is 2.18. The van der Waals surface area contributed by atoms with Crippen molar-refractivity contribution in [2.75, 3.05) is 5.32 Å². The van der Waals surface area contributed by atoms with Crippen molar-refractivity contribution in [3.05, 3.63) is 48.3 Å². The van der Waals surface area contributed by atoms with E-state index in [0.717, 1.165) is 13.0 Å². The van der Waals surface area contributed by atoms with Gasteiger partial charge in [-0.2, -0.15) is 5.10 Å². The summed E-state index contributed by atoms with van der Waals surface area (Å²) in [4.78, 5) is 0. The number of hydrogen-bond acceptors (Lipinski definition) is 3. The molecule has 1 fully saturated rings. The minimum atomic E-state index is 0.361. The Hall–Kier alpha value is -1.81. The van der Waals surface area contributed by atoms with E-state index in [1.165, 1.54) is 30.5 Å². The maximum absolute atomic E-state index is 6.03. The first-order chi connectivity index (χ1) is 9.79. The molecule has 1 heterocycles. The third-order valence-corrected chi connectivity index (χ3v) is 3.94. The van der Waals surface area contributed by atoms with Crippen molar-refractivity contribution in [2.45, 2.75) is 44.3 Å². The van der Waals surface area contributed by atoms with Gasteiger partial charge in [-0.1, -0.05) is 12.1 Å². The molecule has 4 nitrogen and oxygen atoms in total. The van der Waals surface area contributed by atoms with Crippen LogP contribution in [0.5, 0.6) is 0 Å². The Morgan fingerprint density at radius 3 is 2.80 bits per heavy atom. The number of hydrogen-bond donors (Lipinski definition) is 2. The van der Waals surface area contributed by atoms with Crippen LogP contribution >= 0.6 is 0 Å². The smallest absolute Gasteiger partial charge is 0.0659 e. The molecule has 2 aromatic rings. The Bertz CT molecular complexity index is 518. The van der Waals surface area contributed by atoms with Crippen LogP contribution in [-0.2, 0) is 6.54 Å². The number of aromatic nitrogens is 2. The Kier molecular flexibility index (Phi) is 4.02. The highest BCUT2D eigenvalue weighted by atomic mass is 15.3. The zero-order valence-corrected chi connectivity index (χ0v) is 11.7. The van der Waals surface area contributed by atoms with Gasteiger partial charge in [-0.15, -0.1) is 0 Å². The van der Waals surface area contributed by atoms with Crippen molar-refractivity contribution in [3.63, 3.8) is 0 Å². The summed E-state index contributed by atoms with van der Waals surface area (Å²) < 4.78 is 1.93. The highest BCUT2D eigenvalue weighted by Crippen LogP contribution is 2.21. The Balaban J connectivity index is 1.58. The zero-order valence-electron chi connectivity index (χ0n) is 11.7. The standard InChI is InChI=1S/C16H22N4/c17-14-3-1-4-16(11-14)19-15-7-5-13(6-8-15)12-20-10-2-9-18-20/h2,5-10,14,16,19H,1,3-4,11-12,17H2. The van der Waals surface area contributed by atoms with Gasteiger partial charge in [0, 0.05) is 30.2 Å². The molecule has 20 heavy (non-hydrogen) atoms. The molecule has 4 heteroatoms. The van der Waals surface area contributed by atoms with Crippen LogP contribution in [0.2, 0.25) is 0 Å². The van der Waals surface area contributed by atoms with Crippen molar-refractivity contribution in [1.82, 2.24) is 9.78 Å². The molecule has 3 N–H and O–H groups in total. The fourth-order valence-corrected chi connectivity index (χ4v) is 2.88. The van der Waals surface area contributed by atoms with E-state index in [1.54, 1.807) is 0 Å². The molecule has 1 saturated carbocycles. The van der Waals surface area contributed by atoms with Crippen molar-refractivity contribution in [1.29, 1.82) is 0 Å². The topological polar surface area (TPSA) is 55.9 Å². The molecule has 1 aliphatic rings. The average Bonchev–Trinajstić information content (AvgIpc) is 2.94. The number of rotatable bonds is 4. The van der Waals surface area contributed by atoms with Gasteiger partial charge in [-0.05, 0) is 49.4 Å². The lowest BCUT2D eigenvalue weighted by Gasteiger charge is -2.28. The molecule has 1 aromatic carbocycles. The molecule has 2 atom stereocenters. The zero-order chi connectivity index (χ0) is 13.8. The van der Waals surface area contributed by atoms with E-state index >= 15 is 0 Å². The molecule has 0 aliphatic heterocycles. The number of benzene rings is 1. The molecule has 1 aromatic heterocycles. The van der Waals surface area contributed by atoms with Gasteiger partial charge in [0.2, 0.25) is 0 Å². The van der Waals surface area contributed by atoms with Gasteiger partial charge in [0.1, 0.15) is 0 Å². The molecule has 3 rings (SSSR count). The summed E-state index contributed by atoms with van der Waals surface area (Å²) in [6, 6.07) is 11.5. The minimum Gasteiger partial charge on any atom is -0.382 e. The maximum atomic E-state index is 6.03. The van der Waals surface area contributed by atoms with Crippen molar-refractivity contribution < 1.29 is 0 Å². The summed E-state index contributed by atoms with van der Waals surface area (Å²) in [5, 5.41) is 7.82. The van der Waals surface area contributed by atoms with Gasteiger partial charge in [0.25, 0.3) is 0 Å². The lowest BCUT2D eigenvalue weighted by Crippen LogP contribution is -2.34. The molecule has 106 valence electrons. The third kappa shape index (κ3) is 3.39.